The molecule has 5 heteroatoms. The Morgan fingerprint density at radius 3 is 2.65 bits per heavy atom. The van der Waals surface area contributed by atoms with E-state index in [2.05, 4.69) is 4.98 Å². The van der Waals surface area contributed by atoms with E-state index >= 15 is 0 Å². The molecule has 0 saturated carbocycles. The first kappa shape index (κ1) is 11.9. The maximum absolute atomic E-state index is 11.1. The topological polar surface area (TPSA) is 63.3 Å². The normalized spacial score (nSPS) is 11.1. The summed E-state index contributed by atoms with van der Waals surface area (Å²) >= 11 is 1.50. The van der Waals surface area contributed by atoms with Crippen molar-refractivity contribution in [2.45, 2.75) is 26.7 Å². The van der Waals surface area contributed by atoms with Crippen LogP contribution in [0.4, 0.5) is 0 Å². The van der Waals surface area contributed by atoms with Crippen LogP contribution in [0.2, 0.25) is 0 Å². The number of hydrogen-bond donors (Lipinski definition) is 1. The summed E-state index contributed by atoms with van der Waals surface area (Å²) in [5.41, 5.74) is 1.55. The Hall–Kier alpha value is -1.62. The highest BCUT2D eigenvalue weighted by Gasteiger charge is 2.23. The van der Waals surface area contributed by atoms with Gasteiger partial charge in [-0.15, -0.1) is 11.3 Å². The number of aromatic nitrogens is 1. The molecule has 4 nitrogen and oxygen atoms in total. The van der Waals surface area contributed by atoms with Crippen LogP contribution in [0, 0.1) is 6.92 Å². The van der Waals surface area contributed by atoms with E-state index in [-0.39, 0.29) is 11.7 Å². The number of rotatable bonds is 3. The Morgan fingerprint density at radius 1 is 1.53 bits per heavy atom. The molecule has 0 radical (unpaired) electrons. The molecule has 2 aromatic rings. The summed E-state index contributed by atoms with van der Waals surface area (Å²) in [6, 6.07) is 1.96. The molecule has 0 saturated heterocycles. The van der Waals surface area contributed by atoms with Gasteiger partial charge in [0.05, 0.1) is 10.6 Å². The third-order valence-corrected chi connectivity index (χ3v) is 3.46. The molecular formula is C12H13NO3S. The fourth-order valence-corrected chi connectivity index (χ4v) is 2.42. The van der Waals surface area contributed by atoms with Gasteiger partial charge in [0, 0.05) is 0 Å². The predicted molar refractivity (Wildman–Crippen MR) is 65.6 cm³/mol. The maximum Gasteiger partial charge on any atom is 0.373 e. The fourth-order valence-electron chi connectivity index (χ4n) is 1.57. The molecule has 2 aromatic heterocycles. The van der Waals surface area contributed by atoms with Crippen molar-refractivity contribution >= 4 is 17.3 Å². The molecule has 0 bridgehead atoms. The lowest BCUT2D eigenvalue weighted by Crippen LogP contribution is -2.01. The summed E-state index contributed by atoms with van der Waals surface area (Å²) in [6.07, 6.45) is 0. The number of carboxylic acid groups (broad SMARTS) is 1. The highest BCUT2D eigenvalue weighted by atomic mass is 32.1. The number of carboxylic acids is 1. The van der Waals surface area contributed by atoms with Gasteiger partial charge in [-0.3, -0.25) is 0 Å². The van der Waals surface area contributed by atoms with Gasteiger partial charge in [0.1, 0.15) is 0 Å². The highest BCUT2D eigenvalue weighted by Crippen LogP contribution is 2.31. The number of aromatic carboxylic acids is 1. The van der Waals surface area contributed by atoms with Crippen LogP contribution in [-0.2, 0) is 0 Å². The summed E-state index contributed by atoms with van der Waals surface area (Å²) in [7, 11) is 0. The zero-order chi connectivity index (χ0) is 12.6. The van der Waals surface area contributed by atoms with Crippen LogP contribution in [0.25, 0.3) is 10.8 Å². The monoisotopic (exact) mass is 251 g/mol. The van der Waals surface area contributed by atoms with Crippen molar-refractivity contribution in [3.05, 3.63) is 28.5 Å². The van der Waals surface area contributed by atoms with E-state index in [4.69, 9.17) is 9.52 Å². The Labute approximate surface area is 103 Å². The molecule has 0 unspecified atom stereocenters. The summed E-state index contributed by atoms with van der Waals surface area (Å²) < 4.78 is 5.36. The van der Waals surface area contributed by atoms with Gasteiger partial charge in [-0.1, -0.05) is 13.8 Å². The van der Waals surface area contributed by atoms with Crippen LogP contribution in [0.3, 0.4) is 0 Å². The van der Waals surface area contributed by atoms with E-state index in [1.54, 1.807) is 0 Å². The second kappa shape index (κ2) is 4.33. The van der Waals surface area contributed by atoms with Gasteiger partial charge in [0.2, 0.25) is 11.7 Å². The summed E-state index contributed by atoms with van der Waals surface area (Å²) in [5, 5.41) is 11.0. The van der Waals surface area contributed by atoms with Gasteiger partial charge in [-0.05, 0) is 29.9 Å². The number of oxazole rings is 1. The average molecular weight is 251 g/mol. The average Bonchev–Trinajstić information content (AvgIpc) is 2.82. The molecule has 1 N–H and O–H groups in total. The van der Waals surface area contributed by atoms with E-state index in [0.717, 1.165) is 10.4 Å². The second-order valence-corrected chi connectivity index (χ2v) is 5.04. The predicted octanol–water partition coefficient (Wildman–Crippen LogP) is 3.53. The smallest absolute Gasteiger partial charge is 0.373 e. The molecular weight excluding hydrogens is 238 g/mol. The Bertz CT molecular complexity index is 554. The van der Waals surface area contributed by atoms with Gasteiger partial charge in [0.25, 0.3) is 0 Å². The first-order valence-corrected chi connectivity index (χ1v) is 6.17. The lowest BCUT2D eigenvalue weighted by atomic mass is 10.1. The zero-order valence-corrected chi connectivity index (χ0v) is 10.7. The number of thiophene rings is 1. The number of aryl methyl sites for hydroxylation is 1. The molecule has 0 spiro atoms. The first-order valence-electron chi connectivity index (χ1n) is 5.29. The van der Waals surface area contributed by atoms with E-state index in [1.165, 1.54) is 11.3 Å². The number of hydrogen-bond acceptors (Lipinski definition) is 4. The summed E-state index contributed by atoms with van der Waals surface area (Å²) in [6.45, 7) is 5.75. The van der Waals surface area contributed by atoms with Crippen molar-refractivity contribution in [1.82, 2.24) is 4.98 Å². The van der Waals surface area contributed by atoms with Crippen LogP contribution in [0.15, 0.2) is 15.9 Å². The Kier molecular flexibility index (Phi) is 3.02. The highest BCUT2D eigenvalue weighted by molar-refractivity contribution is 7.13. The van der Waals surface area contributed by atoms with Gasteiger partial charge < -0.3 is 9.52 Å². The molecule has 0 amide bonds. The van der Waals surface area contributed by atoms with Gasteiger partial charge in [-0.2, -0.15) is 0 Å². The fraction of sp³-hybridized carbons (Fsp3) is 0.333. The summed E-state index contributed by atoms with van der Waals surface area (Å²) in [4.78, 5) is 16.2. The standard InChI is InChI=1S/C12H13NO3S/c1-6(2)8-9(12(14)15)16-11(13-8)10-7(3)4-5-17-10/h4-6H,1-3H3,(H,14,15). The lowest BCUT2D eigenvalue weighted by molar-refractivity contribution is 0.0661. The Morgan fingerprint density at radius 2 is 2.24 bits per heavy atom. The molecule has 90 valence electrons. The molecule has 0 aliphatic carbocycles. The third-order valence-electron chi connectivity index (χ3n) is 2.45. The Balaban J connectivity index is 2.55. The van der Waals surface area contributed by atoms with E-state index in [9.17, 15) is 4.79 Å². The van der Waals surface area contributed by atoms with Gasteiger partial charge in [0.15, 0.2) is 0 Å². The minimum Gasteiger partial charge on any atom is -0.475 e. The number of carbonyl (C=O) groups is 1. The number of nitrogens with zero attached hydrogens (tertiary/aromatic N) is 1. The first-order chi connectivity index (χ1) is 8.00. The van der Waals surface area contributed by atoms with Crippen molar-refractivity contribution in [2.75, 3.05) is 0 Å². The van der Waals surface area contributed by atoms with Crippen LogP contribution >= 0.6 is 11.3 Å². The zero-order valence-electron chi connectivity index (χ0n) is 9.85. The van der Waals surface area contributed by atoms with E-state index in [1.807, 2.05) is 32.2 Å². The lowest BCUT2D eigenvalue weighted by Gasteiger charge is -1.98. The van der Waals surface area contributed by atoms with Crippen LogP contribution < -0.4 is 0 Å². The SMILES string of the molecule is Cc1ccsc1-c1nc(C(C)C)c(C(=O)O)o1. The quantitative estimate of drug-likeness (QED) is 0.906. The molecule has 2 heterocycles. The third kappa shape index (κ3) is 2.10. The van der Waals surface area contributed by atoms with Crippen molar-refractivity contribution in [3.63, 3.8) is 0 Å². The maximum atomic E-state index is 11.1. The van der Waals surface area contributed by atoms with Crippen LogP contribution in [-0.4, -0.2) is 16.1 Å². The molecule has 2 rings (SSSR count). The van der Waals surface area contributed by atoms with Gasteiger partial charge in [-0.25, -0.2) is 9.78 Å². The molecule has 0 aromatic carbocycles. The van der Waals surface area contributed by atoms with Gasteiger partial charge >= 0.3 is 5.97 Å². The molecule has 0 fully saturated rings. The van der Waals surface area contributed by atoms with Crippen molar-refractivity contribution in [2.24, 2.45) is 0 Å². The largest absolute Gasteiger partial charge is 0.475 e. The van der Waals surface area contributed by atoms with E-state index < -0.39 is 5.97 Å². The van der Waals surface area contributed by atoms with E-state index in [0.29, 0.717) is 11.6 Å². The van der Waals surface area contributed by atoms with Crippen molar-refractivity contribution in [3.8, 4) is 10.8 Å². The van der Waals surface area contributed by atoms with Crippen LogP contribution in [0.5, 0.6) is 0 Å². The molecule has 0 aliphatic heterocycles. The van der Waals surface area contributed by atoms with Crippen LogP contribution in [0.1, 0.15) is 41.6 Å². The molecule has 0 aliphatic rings. The minimum atomic E-state index is -1.07. The van der Waals surface area contributed by atoms with Crippen molar-refractivity contribution in [1.29, 1.82) is 0 Å². The van der Waals surface area contributed by atoms with Crippen molar-refractivity contribution < 1.29 is 14.3 Å². The summed E-state index contributed by atoms with van der Waals surface area (Å²) in [5.74, 6) is -0.693. The minimum absolute atomic E-state index is 0.0267. The molecule has 17 heavy (non-hydrogen) atoms. The molecule has 0 atom stereocenters. The second-order valence-electron chi connectivity index (χ2n) is 4.13.